The number of benzene rings is 2. The van der Waals surface area contributed by atoms with E-state index in [4.69, 9.17) is 10.5 Å². The number of hydrogen-bond acceptors (Lipinski definition) is 2. The van der Waals surface area contributed by atoms with Gasteiger partial charge in [0.15, 0.2) is 11.6 Å². The van der Waals surface area contributed by atoms with Crippen LogP contribution in [0.5, 0.6) is 5.75 Å². The van der Waals surface area contributed by atoms with E-state index in [1.807, 2.05) is 31.2 Å². The molecule has 0 saturated carbocycles. The summed E-state index contributed by atoms with van der Waals surface area (Å²) in [5.74, 6) is -2.06. The van der Waals surface area contributed by atoms with Gasteiger partial charge in [-0.2, -0.15) is 4.39 Å². The first-order chi connectivity index (χ1) is 9.50. The van der Waals surface area contributed by atoms with Crippen LogP contribution in [0.4, 0.5) is 8.78 Å². The molecule has 106 valence electrons. The Balaban J connectivity index is 2.36. The third kappa shape index (κ3) is 2.96. The SMILES string of the molecule is Cc1ccccc1C(Oc1cccc(F)c1F)C(C)N. The molecule has 0 radical (unpaired) electrons. The van der Waals surface area contributed by atoms with E-state index >= 15 is 0 Å². The average molecular weight is 277 g/mol. The molecule has 0 aliphatic carbocycles. The highest BCUT2D eigenvalue weighted by atomic mass is 19.2. The fourth-order valence-corrected chi connectivity index (χ4v) is 2.07. The molecule has 2 unspecified atom stereocenters. The summed E-state index contributed by atoms with van der Waals surface area (Å²) in [6, 6.07) is 11.1. The maximum Gasteiger partial charge on any atom is 0.200 e. The minimum Gasteiger partial charge on any atom is -0.481 e. The summed E-state index contributed by atoms with van der Waals surface area (Å²) in [5, 5.41) is 0. The molecule has 2 atom stereocenters. The summed E-state index contributed by atoms with van der Waals surface area (Å²) in [6.07, 6.45) is -0.535. The maximum absolute atomic E-state index is 13.7. The van der Waals surface area contributed by atoms with Crippen LogP contribution >= 0.6 is 0 Å². The second-order valence-corrected chi connectivity index (χ2v) is 4.81. The highest BCUT2D eigenvalue weighted by Gasteiger charge is 2.22. The Bertz CT molecular complexity index is 599. The molecule has 0 aromatic heterocycles. The molecule has 0 bridgehead atoms. The van der Waals surface area contributed by atoms with E-state index in [2.05, 4.69) is 0 Å². The molecule has 0 fully saturated rings. The summed E-state index contributed by atoms with van der Waals surface area (Å²) in [6.45, 7) is 3.70. The lowest BCUT2D eigenvalue weighted by molar-refractivity contribution is 0.170. The predicted octanol–water partition coefficient (Wildman–Crippen LogP) is 3.74. The summed E-state index contributed by atoms with van der Waals surface area (Å²) in [5.41, 5.74) is 7.79. The number of nitrogens with two attached hydrogens (primary N) is 1. The van der Waals surface area contributed by atoms with E-state index in [0.29, 0.717) is 0 Å². The maximum atomic E-state index is 13.7. The van der Waals surface area contributed by atoms with Crippen molar-refractivity contribution in [1.29, 1.82) is 0 Å². The number of aryl methyl sites for hydroxylation is 1. The Morgan fingerprint density at radius 2 is 1.75 bits per heavy atom. The van der Waals surface area contributed by atoms with Crippen molar-refractivity contribution in [3.05, 3.63) is 65.2 Å². The molecular formula is C16H17F2NO. The van der Waals surface area contributed by atoms with Crippen LogP contribution in [0, 0.1) is 18.6 Å². The van der Waals surface area contributed by atoms with Gasteiger partial charge in [0, 0.05) is 6.04 Å². The zero-order valence-electron chi connectivity index (χ0n) is 11.4. The van der Waals surface area contributed by atoms with Crippen LogP contribution in [-0.4, -0.2) is 6.04 Å². The number of hydrogen-bond donors (Lipinski definition) is 1. The molecule has 0 spiro atoms. The molecule has 2 N–H and O–H groups in total. The Morgan fingerprint density at radius 3 is 2.40 bits per heavy atom. The third-order valence-electron chi connectivity index (χ3n) is 3.14. The van der Waals surface area contributed by atoms with E-state index in [9.17, 15) is 8.78 Å². The van der Waals surface area contributed by atoms with Gasteiger partial charge in [-0.1, -0.05) is 30.3 Å². The van der Waals surface area contributed by atoms with E-state index in [-0.39, 0.29) is 11.8 Å². The summed E-state index contributed by atoms with van der Waals surface area (Å²) >= 11 is 0. The Labute approximate surface area is 117 Å². The molecule has 2 rings (SSSR count). The Hall–Kier alpha value is -1.94. The van der Waals surface area contributed by atoms with Gasteiger partial charge < -0.3 is 10.5 Å². The van der Waals surface area contributed by atoms with Crippen LogP contribution in [0.2, 0.25) is 0 Å². The van der Waals surface area contributed by atoms with Crippen molar-refractivity contribution in [2.75, 3.05) is 0 Å². The molecule has 0 saturated heterocycles. The summed E-state index contributed by atoms with van der Waals surface area (Å²) in [7, 11) is 0. The summed E-state index contributed by atoms with van der Waals surface area (Å²) < 4.78 is 32.5. The molecule has 2 nitrogen and oxygen atoms in total. The molecule has 20 heavy (non-hydrogen) atoms. The van der Waals surface area contributed by atoms with Crippen LogP contribution in [0.25, 0.3) is 0 Å². The van der Waals surface area contributed by atoms with Crippen molar-refractivity contribution in [3.63, 3.8) is 0 Å². The molecule has 0 aliphatic rings. The quantitative estimate of drug-likeness (QED) is 0.924. The second-order valence-electron chi connectivity index (χ2n) is 4.81. The zero-order chi connectivity index (χ0) is 14.7. The lowest BCUT2D eigenvalue weighted by atomic mass is 9.99. The van der Waals surface area contributed by atoms with Crippen LogP contribution in [0.1, 0.15) is 24.2 Å². The summed E-state index contributed by atoms with van der Waals surface area (Å²) in [4.78, 5) is 0. The number of ether oxygens (including phenoxy) is 1. The molecule has 2 aromatic carbocycles. The first-order valence-corrected chi connectivity index (χ1v) is 6.42. The molecule has 2 aromatic rings. The van der Waals surface area contributed by atoms with Crippen LogP contribution in [0.3, 0.4) is 0 Å². The smallest absolute Gasteiger partial charge is 0.200 e. The Kier molecular flexibility index (Phi) is 4.35. The van der Waals surface area contributed by atoms with Crippen molar-refractivity contribution >= 4 is 0 Å². The first-order valence-electron chi connectivity index (χ1n) is 6.42. The Morgan fingerprint density at radius 1 is 1.05 bits per heavy atom. The van der Waals surface area contributed by atoms with Gasteiger partial charge in [0.1, 0.15) is 6.10 Å². The van der Waals surface area contributed by atoms with Crippen LogP contribution < -0.4 is 10.5 Å². The zero-order valence-corrected chi connectivity index (χ0v) is 11.4. The predicted molar refractivity (Wildman–Crippen MR) is 74.6 cm³/mol. The standard InChI is InChI=1S/C16H17F2NO/c1-10-6-3-4-7-12(10)16(11(2)19)20-14-9-5-8-13(17)15(14)18/h3-9,11,16H,19H2,1-2H3. The number of rotatable bonds is 4. The fourth-order valence-electron chi connectivity index (χ4n) is 2.07. The van der Waals surface area contributed by atoms with E-state index in [1.165, 1.54) is 12.1 Å². The van der Waals surface area contributed by atoms with Gasteiger partial charge in [-0.25, -0.2) is 4.39 Å². The number of halogens is 2. The van der Waals surface area contributed by atoms with Crippen molar-refractivity contribution in [3.8, 4) is 5.75 Å². The molecule has 4 heteroatoms. The van der Waals surface area contributed by atoms with Crippen LogP contribution in [0.15, 0.2) is 42.5 Å². The lowest BCUT2D eigenvalue weighted by Gasteiger charge is -2.24. The minimum absolute atomic E-state index is 0.129. The van der Waals surface area contributed by atoms with Gasteiger partial charge in [-0.15, -0.1) is 0 Å². The van der Waals surface area contributed by atoms with Gasteiger partial charge in [0.2, 0.25) is 5.82 Å². The molecule has 0 aliphatic heterocycles. The van der Waals surface area contributed by atoms with Crippen molar-refractivity contribution in [1.82, 2.24) is 0 Å². The van der Waals surface area contributed by atoms with Gasteiger partial charge in [-0.3, -0.25) is 0 Å². The molecule has 0 amide bonds. The lowest BCUT2D eigenvalue weighted by Crippen LogP contribution is -2.29. The van der Waals surface area contributed by atoms with Crippen molar-refractivity contribution in [2.45, 2.75) is 26.0 Å². The van der Waals surface area contributed by atoms with Gasteiger partial charge in [-0.05, 0) is 37.1 Å². The van der Waals surface area contributed by atoms with Gasteiger partial charge >= 0.3 is 0 Å². The molecule has 0 heterocycles. The van der Waals surface area contributed by atoms with Crippen molar-refractivity contribution in [2.24, 2.45) is 5.73 Å². The second kappa shape index (κ2) is 6.01. The van der Waals surface area contributed by atoms with Gasteiger partial charge in [0.25, 0.3) is 0 Å². The van der Waals surface area contributed by atoms with Gasteiger partial charge in [0.05, 0.1) is 0 Å². The third-order valence-corrected chi connectivity index (χ3v) is 3.14. The highest BCUT2D eigenvalue weighted by molar-refractivity contribution is 5.31. The largest absolute Gasteiger partial charge is 0.481 e. The fraction of sp³-hybridized carbons (Fsp3) is 0.250. The van der Waals surface area contributed by atoms with E-state index in [1.54, 1.807) is 6.92 Å². The van der Waals surface area contributed by atoms with Crippen LogP contribution in [-0.2, 0) is 0 Å². The highest BCUT2D eigenvalue weighted by Crippen LogP contribution is 2.29. The minimum atomic E-state index is -0.994. The average Bonchev–Trinajstić information content (AvgIpc) is 2.41. The normalized spacial score (nSPS) is 13.8. The topological polar surface area (TPSA) is 35.2 Å². The monoisotopic (exact) mass is 277 g/mol. The van der Waals surface area contributed by atoms with E-state index < -0.39 is 17.7 Å². The van der Waals surface area contributed by atoms with E-state index in [0.717, 1.165) is 17.2 Å². The molecular weight excluding hydrogens is 260 g/mol. The first kappa shape index (κ1) is 14.5. The van der Waals surface area contributed by atoms with Crippen molar-refractivity contribution < 1.29 is 13.5 Å².